The number of rotatable bonds is 10. The normalized spacial score (nSPS) is 15.4. The van der Waals surface area contributed by atoms with Crippen LogP contribution in [0.15, 0.2) is 27.8 Å². The molecule has 8 heteroatoms. The van der Waals surface area contributed by atoms with Crippen LogP contribution in [0.1, 0.15) is 31.4 Å². The van der Waals surface area contributed by atoms with Gasteiger partial charge in [-0.2, -0.15) is 0 Å². The van der Waals surface area contributed by atoms with Crippen LogP contribution in [-0.2, 0) is 16.0 Å². The summed E-state index contributed by atoms with van der Waals surface area (Å²) >= 11 is 0. The number of halogens is 1. The number of aliphatic imine (C=N–C) groups is 1. The highest BCUT2D eigenvalue weighted by Crippen LogP contribution is 2.43. The maximum Gasteiger partial charge on any atom is 0.243 e. The lowest BCUT2D eigenvalue weighted by Gasteiger charge is -2.42. The molecule has 0 aliphatic heterocycles. The molecule has 0 saturated heterocycles. The van der Waals surface area contributed by atoms with E-state index in [9.17, 15) is 4.79 Å². The molecular weight excluding hydrogens is 459 g/mol. The Balaban J connectivity index is 0.00000364. The summed E-state index contributed by atoms with van der Waals surface area (Å²) in [4.78, 5) is 17.8. The predicted molar refractivity (Wildman–Crippen MR) is 118 cm³/mol. The molecule has 1 aliphatic carbocycles. The van der Waals surface area contributed by atoms with Crippen molar-refractivity contribution in [2.24, 2.45) is 10.4 Å². The first kappa shape index (κ1) is 23.7. The number of amides is 1. The molecule has 7 nitrogen and oxygen atoms in total. The smallest absolute Gasteiger partial charge is 0.243 e. The molecule has 1 aromatic rings. The molecule has 154 valence electrons. The summed E-state index contributed by atoms with van der Waals surface area (Å²) in [5.41, 5.74) is 0.283. The second kappa shape index (κ2) is 12.2. The molecule has 0 unspecified atom stereocenters. The summed E-state index contributed by atoms with van der Waals surface area (Å²) < 4.78 is 10.6. The highest BCUT2D eigenvalue weighted by Gasteiger charge is 2.36. The van der Waals surface area contributed by atoms with E-state index in [1.54, 1.807) is 32.4 Å². The topological polar surface area (TPSA) is 79.1 Å². The third kappa shape index (κ3) is 8.08. The van der Waals surface area contributed by atoms with Gasteiger partial charge < -0.3 is 24.7 Å². The Hall–Kier alpha value is -1.29. The van der Waals surface area contributed by atoms with Crippen molar-refractivity contribution in [3.8, 4) is 0 Å². The van der Waals surface area contributed by atoms with Gasteiger partial charge in [-0.05, 0) is 36.8 Å². The molecule has 1 aliphatic rings. The zero-order chi connectivity index (χ0) is 18.8. The average Bonchev–Trinajstić information content (AvgIpc) is 3.10. The van der Waals surface area contributed by atoms with Gasteiger partial charge in [0.2, 0.25) is 5.91 Å². The Morgan fingerprint density at radius 3 is 2.70 bits per heavy atom. The van der Waals surface area contributed by atoms with Crippen LogP contribution in [0, 0.1) is 5.41 Å². The Labute approximate surface area is 179 Å². The van der Waals surface area contributed by atoms with Crippen LogP contribution in [0.4, 0.5) is 0 Å². The minimum Gasteiger partial charge on any atom is -0.469 e. The van der Waals surface area contributed by atoms with Crippen LogP contribution in [0.3, 0.4) is 0 Å². The molecule has 0 bridgehead atoms. The molecule has 2 rings (SSSR count). The summed E-state index contributed by atoms with van der Waals surface area (Å²) in [7, 11) is 5.22. The molecule has 27 heavy (non-hydrogen) atoms. The van der Waals surface area contributed by atoms with Gasteiger partial charge in [0.25, 0.3) is 0 Å². The lowest BCUT2D eigenvalue weighted by atomic mass is 9.67. The molecule has 0 spiro atoms. The fraction of sp³-hybridized carbons (Fsp3) is 0.684. The van der Waals surface area contributed by atoms with E-state index in [-0.39, 0.29) is 41.8 Å². The Kier molecular flexibility index (Phi) is 10.8. The highest BCUT2D eigenvalue weighted by atomic mass is 127. The van der Waals surface area contributed by atoms with Crippen molar-refractivity contribution >= 4 is 35.8 Å². The van der Waals surface area contributed by atoms with E-state index < -0.39 is 0 Å². The van der Waals surface area contributed by atoms with Crippen molar-refractivity contribution in [2.75, 3.05) is 47.4 Å². The van der Waals surface area contributed by atoms with E-state index in [0.717, 1.165) is 31.8 Å². The van der Waals surface area contributed by atoms with Gasteiger partial charge in [-0.1, -0.05) is 6.42 Å². The third-order valence-electron chi connectivity index (χ3n) is 5.00. The Morgan fingerprint density at radius 2 is 2.15 bits per heavy atom. The van der Waals surface area contributed by atoms with Gasteiger partial charge in [0.1, 0.15) is 12.3 Å². The van der Waals surface area contributed by atoms with E-state index in [4.69, 9.17) is 9.15 Å². The van der Waals surface area contributed by atoms with Crippen molar-refractivity contribution < 1.29 is 13.9 Å². The summed E-state index contributed by atoms with van der Waals surface area (Å²) in [5.74, 6) is 1.59. The number of carbonyl (C=O) groups excluding carboxylic acids is 1. The second-order valence-electron chi connectivity index (χ2n) is 7.16. The number of hydrogen-bond acceptors (Lipinski definition) is 4. The Morgan fingerprint density at radius 1 is 1.37 bits per heavy atom. The number of furan rings is 1. The van der Waals surface area contributed by atoms with Gasteiger partial charge in [-0.25, -0.2) is 4.99 Å². The van der Waals surface area contributed by atoms with Crippen LogP contribution >= 0.6 is 24.0 Å². The fourth-order valence-corrected chi connectivity index (χ4v) is 3.00. The summed E-state index contributed by atoms with van der Waals surface area (Å²) in [6.45, 7) is 2.45. The van der Waals surface area contributed by atoms with Gasteiger partial charge in [0.05, 0.1) is 6.26 Å². The minimum absolute atomic E-state index is 0. The SMILES string of the molecule is COCCC1(CNC(=NCC(=O)N(C)C)NCCc2ccco2)CCC1.I. The average molecular weight is 492 g/mol. The van der Waals surface area contributed by atoms with E-state index in [2.05, 4.69) is 15.6 Å². The van der Waals surface area contributed by atoms with Crippen LogP contribution in [0.5, 0.6) is 0 Å². The van der Waals surface area contributed by atoms with Gasteiger partial charge in [0.15, 0.2) is 5.96 Å². The van der Waals surface area contributed by atoms with E-state index in [0.29, 0.717) is 12.5 Å². The largest absolute Gasteiger partial charge is 0.469 e. The maximum atomic E-state index is 11.8. The first-order valence-electron chi connectivity index (χ1n) is 9.28. The standard InChI is InChI=1S/C19H32N4O3.HI/c1-23(2)17(24)14-21-18(20-11-7-16-6-4-12-26-16)22-15-19(8-5-9-19)10-13-25-3;/h4,6,12H,5,7-11,13-15H2,1-3H3,(H2,20,21,22);1H. The molecule has 2 N–H and O–H groups in total. The summed E-state index contributed by atoms with van der Waals surface area (Å²) in [5, 5.41) is 6.73. The molecule has 0 aromatic carbocycles. The first-order chi connectivity index (χ1) is 12.5. The van der Waals surface area contributed by atoms with Crippen molar-refractivity contribution in [1.82, 2.24) is 15.5 Å². The summed E-state index contributed by atoms with van der Waals surface area (Å²) in [6.07, 6.45) is 7.17. The molecule has 0 atom stereocenters. The van der Waals surface area contributed by atoms with Crippen LogP contribution in [-0.4, -0.2) is 64.2 Å². The second-order valence-corrected chi connectivity index (χ2v) is 7.16. The number of nitrogens with one attached hydrogen (secondary N) is 2. The number of methoxy groups -OCH3 is 1. The molecular formula is C19H33IN4O3. The molecule has 1 saturated carbocycles. The zero-order valence-corrected chi connectivity index (χ0v) is 19.0. The Bertz CT molecular complexity index is 572. The lowest BCUT2D eigenvalue weighted by Crippen LogP contribution is -2.47. The van der Waals surface area contributed by atoms with Crippen molar-refractivity contribution in [1.29, 1.82) is 0 Å². The molecule has 1 heterocycles. The lowest BCUT2D eigenvalue weighted by molar-refractivity contribution is -0.127. The number of ether oxygens (including phenoxy) is 1. The number of nitrogens with zero attached hydrogens (tertiary/aromatic N) is 2. The molecule has 0 radical (unpaired) electrons. The van der Waals surface area contributed by atoms with E-state index in [1.165, 1.54) is 19.3 Å². The zero-order valence-electron chi connectivity index (χ0n) is 16.6. The molecule has 1 fully saturated rings. The number of guanidine groups is 1. The van der Waals surface area contributed by atoms with Crippen LogP contribution in [0.25, 0.3) is 0 Å². The molecule has 1 amide bonds. The molecule has 1 aromatic heterocycles. The van der Waals surface area contributed by atoms with E-state index >= 15 is 0 Å². The number of hydrogen-bond donors (Lipinski definition) is 2. The van der Waals surface area contributed by atoms with Crippen molar-refractivity contribution in [3.05, 3.63) is 24.2 Å². The van der Waals surface area contributed by atoms with Crippen molar-refractivity contribution in [3.63, 3.8) is 0 Å². The third-order valence-corrected chi connectivity index (χ3v) is 5.00. The monoisotopic (exact) mass is 492 g/mol. The fourth-order valence-electron chi connectivity index (χ4n) is 3.00. The van der Waals surface area contributed by atoms with Crippen LogP contribution < -0.4 is 10.6 Å². The first-order valence-corrected chi connectivity index (χ1v) is 9.28. The number of likely N-dealkylation sites (N-methyl/N-ethyl adjacent to an activating group) is 1. The quantitative estimate of drug-likeness (QED) is 0.298. The predicted octanol–water partition coefficient (Wildman–Crippen LogP) is 2.27. The highest BCUT2D eigenvalue weighted by molar-refractivity contribution is 14.0. The van der Waals surface area contributed by atoms with Crippen molar-refractivity contribution in [2.45, 2.75) is 32.1 Å². The maximum absolute atomic E-state index is 11.8. The van der Waals surface area contributed by atoms with Gasteiger partial charge in [-0.15, -0.1) is 24.0 Å². The number of carbonyl (C=O) groups is 1. The summed E-state index contributed by atoms with van der Waals surface area (Å²) in [6, 6.07) is 3.84. The van der Waals surface area contributed by atoms with Crippen LogP contribution in [0.2, 0.25) is 0 Å². The van der Waals surface area contributed by atoms with Gasteiger partial charge in [-0.3, -0.25) is 4.79 Å². The van der Waals surface area contributed by atoms with Gasteiger partial charge in [0, 0.05) is 47.3 Å². The van der Waals surface area contributed by atoms with Gasteiger partial charge >= 0.3 is 0 Å². The minimum atomic E-state index is -0.0186. The van der Waals surface area contributed by atoms with E-state index in [1.807, 2.05) is 12.1 Å².